The topological polar surface area (TPSA) is 63.2 Å². The summed E-state index contributed by atoms with van der Waals surface area (Å²) in [6.07, 6.45) is -0.159. The summed E-state index contributed by atoms with van der Waals surface area (Å²) in [6, 6.07) is 21.7. The van der Waals surface area contributed by atoms with Crippen molar-refractivity contribution in [3.8, 4) is 11.1 Å². The molecular weight excluding hydrogens is 326 g/mol. The van der Waals surface area contributed by atoms with Gasteiger partial charge in [-0.1, -0.05) is 54.6 Å². The molecule has 0 radical (unpaired) electrons. The van der Waals surface area contributed by atoms with Crippen molar-refractivity contribution in [3.63, 3.8) is 0 Å². The maximum atomic E-state index is 12.4. The Balaban J connectivity index is 1.80. The van der Waals surface area contributed by atoms with Gasteiger partial charge in [0, 0.05) is 11.1 Å². The van der Waals surface area contributed by atoms with E-state index in [-0.39, 0.29) is 23.9 Å². The van der Waals surface area contributed by atoms with Gasteiger partial charge in [-0.2, -0.15) is 0 Å². The lowest BCUT2D eigenvalue weighted by Gasteiger charge is -2.13. The van der Waals surface area contributed by atoms with Crippen LogP contribution < -0.4 is 5.32 Å². The van der Waals surface area contributed by atoms with E-state index in [1.54, 1.807) is 36.4 Å². The van der Waals surface area contributed by atoms with E-state index in [0.29, 0.717) is 27.9 Å². The lowest BCUT2D eigenvalue weighted by Crippen LogP contribution is -2.14. The molecule has 1 aliphatic carbocycles. The molecule has 0 fully saturated rings. The lowest BCUT2D eigenvalue weighted by atomic mass is 9.95. The van der Waals surface area contributed by atoms with Crippen LogP contribution in [0.25, 0.3) is 11.1 Å². The second-order valence-corrected chi connectivity index (χ2v) is 6.12. The highest BCUT2D eigenvalue weighted by Gasteiger charge is 2.33. The number of carbonyl (C=O) groups excluding carboxylic acids is 3. The quantitative estimate of drug-likeness (QED) is 0.719. The minimum Gasteiger partial charge on any atom is -0.321 e. The molecule has 0 heterocycles. The van der Waals surface area contributed by atoms with E-state index in [4.69, 9.17) is 0 Å². The van der Waals surface area contributed by atoms with Gasteiger partial charge in [0.2, 0.25) is 0 Å². The number of anilines is 1. The molecule has 3 aromatic rings. The largest absolute Gasteiger partial charge is 0.321 e. The molecule has 4 heteroatoms. The number of fused-ring (bicyclic) bond motifs is 1. The third-order valence-corrected chi connectivity index (χ3v) is 4.45. The number of rotatable bonds is 3. The van der Waals surface area contributed by atoms with Crippen LogP contribution in [0.1, 0.15) is 37.5 Å². The van der Waals surface area contributed by atoms with Gasteiger partial charge in [0.05, 0.1) is 17.7 Å². The molecular formula is C22H15NO3. The van der Waals surface area contributed by atoms with Crippen LogP contribution in [0.4, 0.5) is 5.69 Å². The van der Waals surface area contributed by atoms with Crippen molar-refractivity contribution < 1.29 is 14.4 Å². The van der Waals surface area contributed by atoms with E-state index < -0.39 is 0 Å². The highest BCUT2D eigenvalue weighted by atomic mass is 16.2. The summed E-state index contributed by atoms with van der Waals surface area (Å²) in [5.41, 5.74) is 3.16. The van der Waals surface area contributed by atoms with Gasteiger partial charge in [-0.05, 0) is 29.3 Å². The van der Waals surface area contributed by atoms with Crippen LogP contribution in [0.3, 0.4) is 0 Å². The monoisotopic (exact) mass is 341 g/mol. The Morgan fingerprint density at radius 3 is 2.04 bits per heavy atom. The predicted molar refractivity (Wildman–Crippen MR) is 99.6 cm³/mol. The van der Waals surface area contributed by atoms with Gasteiger partial charge in [-0.15, -0.1) is 0 Å². The summed E-state index contributed by atoms with van der Waals surface area (Å²) in [5.74, 6) is -0.779. The molecule has 0 bridgehead atoms. The molecule has 4 nitrogen and oxygen atoms in total. The van der Waals surface area contributed by atoms with E-state index in [2.05, 4.69) is 5.32 Å². The third kappa shape index (κ3) is 2.71. The lowest BCUT2D eigenvalue weighted by molar-refractivity contribution is 0.0923. The highest BCUT2D eigenvalue weighted by molar-refractivity contribution is 6.29. The number of benzene rings is 3. The van der Waals surface area contributed by atoms with E-state index in [9.17, 15) is 14.4 Å². The number of carbonyl (C=O) groups is 3. The Morgan fingerprint density at radius 2 is 1.35 bits per heavy atom. The number of hydrogen-bond acceptors (Lipinski definition) is 3. The maximum absolute atomic E-state index is 12.4. The molecule has 4 rings (SSSR count). The van der Waals surface area contributed by atoms with Crippen molar-refractivity contribution in [2.45, 2.75) is 6.42 Å². The minimum atomic E-state index is -0.313. The zero-order valence-electron chi connectivity index (χ0n) is 13.9. The Kier molecular flexibility index (Phi) is 3.93. The van der Waals surface area contributed by atoms with E-state index in [0.717, 1.165) is 5.56 Å². The number of amides is 1. The normalized spacial score (nSPS) is 12.8. The van der Waals surface area contributed by atoms with Crippen molar-refractivity contribution in [1.82, 2.24) is 0 Å². The van der Waals surface area contributed by atoms with Crippen LogP contribution in [0.15, 0.2) is 72.8 Å². The molecule has 0 atom stereocenters. The molecule has 0 saturated heterocycles. The summed E-state index contributed by atoms with van der Waals surface area (Å²) in [5, 5.41) is 2.78. The standard InChI is InChI=1S/C22H15NO3/c24-18-13-19(25)21-17(23-22(26)15-9-5-2-6-10-15)12-11-16(20(18)21)14-7-3-1-4-8-14/h1-12H,13H2,(H,23,26). The maximum Gasteiger partial charge on any atom is 0.255 e. The fourth-order valence-electron chi connectivity index (χ4n) is 3.25. The fraction of sp³-hybridized carbons (Fsp3) is 0.0455. The van der Waals surface area contributed by atoms with E-state index >= 15 is 0 Å². The molecule has 1 N–H and O–H groups in total. The Hall–Kier alpha value is -3.53. The molecule has 0 saturated carbocycles. The number of nitrogens with one attached hydrogen (secondary N) is 1. The smallest absolute Gasteiger partial charge is 0.255 e. The second kappa shape index (κ2) is 6.41. The molecule has 1 amide bonds. The van der Waals surface area contributed by atoms with Gasteiger partial charge >= 0.3 is 0 Å². The summed E-state index contributed by atoms with van der Waals surface area (Å²) < 4.78 is 0. The zero-order valence-corrected chi connectivity index (χ0v) is 13.9. The molecule has 0 spiro atoms. The Bertz CT molecular complexity index is 1020. The molecule has 0 aromatic heterocycles. The van der Waals surface area contributed by atoms with Gasteiger partial charge in [0.15, 0.2) is 11.6 Å². The molecule has 1 aliphatic rings. The number of Topliss-reactive ketones (excluding diaryl/α,β-unsaturated/α-hetero) is 2. The van der Waals surface area contributed by atoms with Gasteiger partial charge in [-0.3, -0.25) is 14.4 Å². The summed E-state index contributed by atoms with van der Waals surface area (Å²) in [4.78, 5) is 37.3. The van der Waals surface area contributed by atoms with Crippen molar-refractivity contribution in [1.29, 1.82) is 0 Å². The first-order valence-electron chi connectivity index (χ1n) is 8.30. The molecule has 26 heavy (non-hydrogen) atoms. The van der Waals surface area contributed by atoms with Gasteiger partial charge < -0.3 is 5.32 Å². The number of hydrogen-bond donors (Lipinski definition) is 1. The Morgan fingerprint density at radius 1 is 0.731 bits per heavy atom. The van der Waals surface area contributed by atoms with Crippen molar-refractivity contribution in [2.75, 3.05) is 5.32 Å². The van der Waals surface area contributed by atoms with Crippen molar-refractivity contribution >= 4 is 23.2 Å². The van der Waals surface area contributed by atoms with Crippen LogP contribution >= 0.6 is 0 Å². The molecule has 0 unspecified atom stereocenters. The third-order valence-electron chi connectivity index (χ3n) is 4.45. The fourth-order valence-corrected chi connectivity index (χ4v) is 3.25. The first-order valence-corrected chi connectivity index (χ1v) is 8.30. The van der Waals surface area contributed by atoms with Crippen LogP contribution in [0.5, 0.6) is 0 Å². The minimum absolute atomic E-state index is 0.159. The average molecular weight is 341 g/mol. The van der Waals surface area contributed by atoms with Gasteiger partial charge in [0.25, 0.3) is 5.91 Å². The van der Waals surface area contributed by atoms with Crippen LogP contribution in [-0.4, -0.2) is 17.5 Å². The van der Waals surface area contributed by atoms with Crippen LogP contribution in [-0.2, 0) is 0 Å². The van der Waals surface area contributed by atoms with Crippen LogP contribution in [0, 0.1) is 0 Å². The SMILES string of the molecule is O=C(Nc1ccc(-c2ccccc2)c2c1C(=O)CC2=O)c1ccccc1. The van der Waals surface area contributed by atoms with E-state index in [1.807, 2.05) is 36.4 Å². The molecule has 3 aromatic carbocycles. The highest BCUT2D eigenvalue weighted by Crippen LogP contribution is 2.37. The summed E-state index contributed by atoms with van der Waals surface area (Å²) in [6.45, 7) is 0. The first-order chi connectivity index (χ1) is 12.6. The second-order valence-electron chi connectivity index (χ2n) is 6.12. The van der Waals surface area contributed by atoms with E-state index in [1.165, 1.54) is 0 Å². The predicted octanol–water partition coefficient (Wildman–Crippen LogP) is 4.38. The van der Waals surface area contributed by atoms with Gasteiger partial charge in [0.1, 0.15) is 0 Å². The summed E-state index contributed by atoms with van der Waals surface area (Å²) in [7, 11) is 0. The van der Waals surface area contributed by atoms with Crippen molar-refractivity contribution in [3.05, 3.63) is 89.5 Å². The number of ketones is 2. The first kappa shape index (κ1) is 16.0. The average Bonchev–Trinajstić information content (AvgIpc) is 2.98. The molecule has 0 aliphatic heterocycles. The summed E-state index contributed by atoms with van der Waals surface area (Å²) >= 11 is 0. The van der Waals surface area contributed by atoms with Crippen molar-refractivity contribution in [2.24, 2.45) is 0 Å². The zero-order chi connectivity index (χ0) is 18.1. The molecule has 126 valence electrons. The van der Waals surface area contributed by atoms with Gasteiger partial charge in [-0.25, -0.2) is 0 Å². The van der Waals surface area contributed by atoms with Crippen LogP contribution in [0.2, 0.25) is 0 Å². The Labute approximate surface area is 150 Å².